The third-order valence-corrected chi connectivity index (χ3v) is 6.07. The van der Waals surface area contributed by atoms with Gasteiger partial charge >= 0.3 is 0 Å². The van der Waals surface area contributed by atoms with Crippen molar-refractivity contribution >= 4 is 21.8 Å². The molecule has 1 atom stereocenters. The number of sulfonamides is 1. The van der Waals surface area contributed by atoms with Crippen LogP contribution in [-0.4, -0.2) is 37.8 Å². The standard InChI is InChI=1S/C13H15FN2O2S2/c1-19-9-10-5-6-16(8-10)20(17,18)13-4-2-3-12(14)11(13)7-15/h2-4,10H,5-6,8-9H2,1H3. The second-order valence-electron chi connectivity index (χ2n) is 4.70. The van der Waals surface area contributed by atoms with E-state index in [1.807, 2.05) is 6.26 Å². The number of thioether (sulfide) groups is 1. The molecule has 2 rings (SSSR count). The minimum Gasteiger partial charge on any atom is -0.207 e. The number of rotatable bonds is 4. The fourth-order valence-electron chi connectivity index (χ4n) is 2.35. The molecule has 1 unspecified atom stereocenters. The molecule has 20 heavy (non-hydrogen) atoms. The lowest BCUT2D eigenvalue weighted by Gasteiger charge is -2.17. The first-order chi connectivity index (χ1) is 9.50. The largest absolute Gasteiger partial charge is 0.244 e. The van der Waals surface area contributed by atoms with Crippen LogP contribution in [-0.2, 0) is 10.0 Å². The van der Waals surface area contributed by atoms with Gasteiger partial charge in [-0.1, -0.05) is 6.07 Å². The van der Waals surface area contributed by atoms with Crippen LogP contribution in [0.4, 0.5) is 4.39 Å². The molecular weight excluding hydrogens is 299 g/mol. The molecule has 0 radical (unpaired) electrons. The number of hydrogen-bond donors (Lipinski definition) is 0. The lowest BCUT2D eigenvalue weighted by molar-refractivity contribution is 0.464. The quantitative estimate of drug-likeness (QED) is 0.853. The van der Waals surface area contributed by atoms with Crippen molar-refractivity contribution < 1.29 is 12.8 Å². The molecule has 4 nitrogen and oxygen atoms in total. The van der Waals surface area contributed by atoms with Gasteiger partial charge in [0.15, 0.2) is 0 Å². The number of halogens is 1. The summed E-state index contributed by atoms with van der Waals surface area (Å²) in [5, 5.41) is 8.97. The molecule has 0 amide bonds. The van der Waals surface area contributed by atoms with Gasteiger partial charge in [-0.3, -0.25) is 0 Å². The Bertz CT molecular complexity index is 640. The highest BCUT2D eigenvalue weighted by molar-refractivity contribution is 7.98. The topological polar surface area (TPSA) is 61.2 Å². The van der Waals surface area contributed by atoms with E-state index in [0.717, 1.165) is 18.2 Å². The van der Waals surface area contributed by atoms with Crippen LogP contribution in [0.2, 0.25) is 0 Å². The van der Waals surface area contributed by atoms with Crippen LogP contribution in [0, 0.1) is 23.1 Å². The minimum atomic E-state index is -3.79. The smallest absolute Gasteiger partial charge is 0.207 e. The predicted molar refractivity (Wildman–Crippen MR) is 76.4 cm³/mol. The summed E-state index contributed by atoms with van der Waals surface area (Å²) >= 11 is 1.68. The van der Waals surface area contributed by atoms with E-state index in [0.29, 0.717) is 19.0 Å². The fourth-order valence-corrected chi connectivity index (χ4v) is 4.78. The summed E-state index contributed by atoms with van der Waals surface area (Å²) in [4.78, 5) is -0.232. The number of benzene rings is 1. The van der Waals surface area contributed by atoms with Gasteiger partial charge in [0.1, 0.15) is 22.3 Å². The molecule has 0 bridgehead atoms. The highest BCUT2D eigenvalue weighted by atomic mass is 32.2. The first kappa shape index (κ1) is 15.3. The highest BCUT2D eigenvalue weighted by Crippen LogP contribution is 2.28. The molecule has 7 heteroatoms. The van der Waals surface area contributed by atoms with E-state index in [1.54, 1.807) is 17.8 Å². The molecule has 1 fully saturated rings. The van der Waals surface area contributed by atoms with E-state index >= 15 is 0 Å². The maximum Gasteiger partial charge on any atom is 0.244 e. The van der Waals surface area contributed by atoms with Gasteiger partial charge in [0.2, 0.25) is 10.0 Å². The Morgan fingerprint density at radius 1 is 1.55 bits per heavy atom. The van der Waals surface area contributed by atoms with Crippen molar-refractivity contribution in [2.24, 2.45) is 5.92 Å². The van der Waals surface area contributed by atoms with Crippen LogP contribution >= 0.6 is 11.8 Å². The SMILES string of the molecule is CSCC1CCN(S(=O)(=O)c2cccc(F)c2C#N)C1. The second kappa shape index (κ2) is 6.12. The lowest BCUT2D eigenvalue weighted by Crippen LogP contribution is -2.30. The van der Waals surface area contributed by atoms with E-state index in [4.69, 9.17) is 5.26 Å². The Labute approximate surface area is 122 Å². The lowest BCUT2D eigenvalue weighted by atomic mass is 10.2. The van der Waals surface area contributed by atoms with Crippen LogP contribution in [0.25, 0.3) is 0 Å². The van der Waals surface area contributed by atoms with Crippen molar-refractivity contribution in [2.45, 2.75) is 11.3 Å². The zero-order chi connectivity index (χ0) is 14.8. The zero-order valence-corrected chi connectivity index (χ0v) is 12.7. The summed E-state index contributed by atoms with van der Waals surface area (Å²) in [7, 11) is -3.79. The minimum absolute atomic E-state index is 0.232. The third-order valence-electron chi connectivity index (χ3n) is 3.36. The molecule has 0 saturated carbocycles. The van der Waals surface area contributed by atoms with Crippen LogP contribution < -0.4 is 0 Å². The number of nitriles is 1. The van der Waals surface area contributed by atoms with Crippen molar-refractivity contribution in [2.75, 3.05) is 25.1 Å². The molecule has 1 saturated heterocycles. The molecule has 108 valence electrons. The van der Waals surface area contributed by atoms with Gasteiger partial charge in [-0.25, -0.2) is 12.8 Å². The summed E-state index contributed by atoms with van der Waals surface area (Å²) in [5.74, 6) is 0.424. The zero-order valence-electron chi connectivity index (χ0n) is 11.0. The average molecular weight is 314 g/mol. The van der Waals surface area contributed by atoms with Gasteiger partial charge in [0.05, 0.1) is 0 Å². The molecular formula is C13H15FN2O2S2. The molecule has 0 aliphatic carbocycles. The highest BCUT2D eigenvalue weighted by Gasteiger charge is 2.34. The van der Waals surface area contributed by atoms with Crippen LogP contribution in [0.5, 0.6) is 0 Å². The van der Waals surface area contributed by atoms with E-state index < -0.39 is 21.4 Å². The van der Waals surface area contributed by atoms with Gasteiger partial charge in [-0.15, -0.1) is 0 Å². The van der Waals surface area contributed by atoms with Crippen LogP contribution in [0.3, 0.4) is 0 Å². The first-order valence-corrected chi connectivity index (χ1v) is 9.01. The maximum absolute atomic E-state index is 13.6. The molecule has 1 heterocycles. The normalized spacial score (nSPS) is 19.9. The predicted octanol–water partition coefficient (Wildman–Crippen LogP) is 2.07. The van der Waals surface area contributed by atoms with Crippen molar-refractivity contribution in [3.05, 3.63) is 29.6 Å². The summed E-state index contributed by atoms with van der Waals surface area (Å²) in [5.41, 5.74) is -0.402. The summed E-state index contributed by atoms with van der Waals surface area (Å²) in [6.45, 7) is 0.861. The van der Waals surface area contributed by atoms with Gasteiger partial charge in [-0.05, 0) is 36.5 Å². The van der Waals surface area contributed by atoms with Crippen LogP contribution in [0.15, 0.2) is 23.1 Å². The van der Waals surface area contributed by atoms with Gasteiger partial charge in [0, 0.05) is 13.1 Å². The van der Waals surface area contributed by atoms with Gasteiger partial charge in [-0.2, -0.15) is 21.3 Å². The van der Waals surface area contributed by atoms with Crippen molar-refractivity contribution in [3.63, 3.8) is 0 Å². The Balaban J connectivity index is 2.33. The van der Waals surface area contributed by atoms with Crippen molar-refractivity contribution in [1.29, 1.82) is 5.26 Å². The molecule has 0 N–H and O–H groups in total. The Morgan fingerprint density at radius 2 is 2.30 bits per heavy atom. The molecule has 1 aromatic carbocycles. The Kier molecular flexibility index (Phi) is 4.68. The van der Waals surface area contributed by atoms with E-state index in [2.05, 4.69) is 0 Å². The fraction of sp³-hybridized carbons (Fsp3) is 0.462. The van der Waals surface area contributed by atoms with Gasteiger partial charge in [0.25, 0.3) is 0 Å². The van der Waals surface area contributed by atoms with Crippen molar-refractivity contribution in [3.8, 4) is 6.07 Å². The third kappa shape index (κ3) is 2.82. The average Bonchev–Trinajstić information content (AvgIpc) is 2.88. The molecule has 1 aromatic rings. The monoisotopic (exact) mass is 314 g/mol. The van der Waals surface area contributed by atoms with E-state index in [-0.39, 0.29) is 4.90 Å². The Hall–Kier alpha value is -1.10. The maximum atomic E-state index is 13.6. The number of hydrogen-bond acceptors (Lipinski definition) is 4. The molecule has 1 aliphatic heterocycles. The van der Waals surface area contributed by atoms with Crippen molar-refractivity contribution in [1.82, 2.24) is 4.31 Å². The second-order valence-corrected chi connectivity index (χ2v) is 7.51. The van der Waals surface area contributed by atoms with E-state index in [1.165, 1.54) is 16.4 Å². The first-order valence-electron chi connectivity index (χ1n) is 6.18. The summed E-state index contributed by atoms with van der Waals surface area (Å²) < 4.78 is 39.9. The number of nitrogens with zero attached hydrogens (tertiary/aromatic N) is 2. The van der Waals surface area contributed by atoms with E-state index in [9.17, 15) is 12.8 Å². The summed E-state index contributed by atoms with van der Waals surface area (Å²) in [6, 6.07) is 5.35. The molecule has 0 spiro atoms. The van der Waals surface area contributed by atoms with Gasteiger partial charge < -0.3 is 0 Å². The molecule has 0 aromatic heterocycles. The Morgan fingerprint density at radius 3 is 2.95 bits per heavy atom. The summed E-state index contributed by atoms with van der Waals surface area (Å²) in [6.07, 6.45) is 2.79. The van der Waals surface area contributed by atoms with Crippen LogP contribution in [0.1, 0.15) is 12.0 Å². The molecule has 1 aliphatic rings.